The number of benzene rings is 1. The lowest BCUT2D eigenvalue weighted by Gasteiger charge is -2.22. The normalized spacial score (nSPS) is 19.8. The summed E-state index contributed by atoms with van der Waals surface area (Å²) in [6.45, 7) is 1.55. The van der Waals surface area contributed by atoms with Gasteiger partial charge in [-0.05, 0) is 43.7 Å². The average molecular weight is 327 g/mol. The molecule has 1 saturated heterocycles. The van der Waals surface area contributed by atoms with Gasteiger partial charge in [0.2, 0.25) is 11.9 Å². The molecule has 0 radical (unpaired) electrons. The number of anilines is 1. The number of rotatable bonds is 4. The first-order chi connectivity index (χ1) is 11.8. The predicted octanol–water partition coefficient (Wildman–Crippen LogP) is 3.91. The van der Waals surface area contributed by atoms with E-state index in [0.29, 0.717) is 18.4 Å². The molecule has 5 nitrogen and oxygen atoms in total. The smallest absolute Gasteiger partial charge is 0.226 e. The van der Waals surface area contributed by atoms with Crippen molar-refractivity contribution in [2.45, 2.75) is 51.0 Å². The van der Waals surface area contributed by atoms with Crippen LogP contribution in [0.2, 0.25) is 0 Å². The Balaban J connectivity index is 1.56. The average Bonchev–Trinajstić information content (AvgIpc) is 3.22. The van der Waals surface area contributed by atoms with Crippen LogP contribution in [0, 0.1) is 5.92 Å². The summed E-state index contributed by atoms with van der Waals surface area (Å²) >= 11 is 0. The van der Waals surface area contributed by atoms with Crippen LogP contribution >= 0.6 is 0 Å². The second-order valence-corrected chi connectivity index (χ2v) is 7.04. The topological polar surface area (TPSA) is 56.1 Å². The Morgan fingerprint density at radius 2 is 1.92 bits per heavy atom. The molecule has 2 fully saturated rings. The van der Waals surface area contributed by atoms with Gasteiger partial charge in [-0.2, -0.15) is 0 Å². The molecule has 2 heterocycles. The molecule has 4 rings (SSSR count). The molecule has 1 amide bonds. The fourth-order valence-corrected chi connectivity index (χ4v) is 4.05. The van der Waals surface area contributed by atoms with E-state index in [1.807, 2.05) is 18.2 Å². The van der Waals surface area contributed by atoms with Gasteiger partial charge in [0.25, 0.3) is 0 Å². The van der Waals surface area contributed by atoms with Crippen molar-refractivity contribution in [2.75, 3.05) is 18.5 Å². The van der Waals surface area contributed by atoms with Crippen LogP contribution in [0.4, 0.5) is 5.95 Å². The third kappa shape index (κ3) is 3.18. The largest absolute Gasteiger partial charge is 0.381 e. The zero-order valence-electron chi connectivity index (χ0n) is 14.0. The third-order valence-corrected chi connectivity index (χ3v) is 5.35. The summed E-state index contributed by atoms with van der Waals surface area (Å²) in [6, 6.07) is 8.63. The molecule has 1 N–H and O–H groups in total. The van der Waals surface area contributed by atoms with Crippen molar-refractivity contribution in [3.63, 3.8) is 0 Å². The van der Waals surface area contributed by atoms with Gasteiger partial charge in [-0.3, -0.25) is 10.1 Å². The third-order valence-electron chi connectivity index (χ3n) is 5.35. The number of para-hydroxylation sites is 2. The second-order valence-electron chi connectivity index (χ2n) is 7.04. The van der Waals surface area contributed by atoms with Gasteiger partial charge < -0.3 is 9.30 Å². The molecule has 24 heavy (non-hydrogen) atoms. The van der Waals surface area contributed by atoms with Gasteiger partial charge in [-0.15, -0.1) is 0 Å². The second kappa shape index (κ2) is 6.93. The Hall–Kier alpha value is -1.88. The zero-order chi connectivity index (χ0) is 16.4. The van der Waals surface area contributed by atoms with Crippen molar-refractivity contribution in [1.29, 1.82) is 0 Å². The molecule has 1 aromatic carbocycles. The minimum absolute atomic E-state index is 0.0800. The minimum Gasteiger partial charge on any atom is -0.381 e. The van der Waals surface area contributed by atoms with Crippen molar-refractivity contribution >= 4 is 22.9 Å². The maximum absolute atomic E-state index is 12.5. The number of amides is 1. The Morgan fingerprint density at radius 1 is 1.17 bits per heavy atom. The SMILES string of the molecule is O=C(CC1CCOCC1)Nc1nc2ccccc2n1C1CCCC1. The molecule has 1 saturated carbocycles. The number of nitrogens with zero attached hydrogens (tertiary/aromatic N) is 2. The Morgan fingerprint density at radius 3 is 2.71 bits per heavy atom. The number of carbonyl (C=O) groups excluding carboxylic acids is 1. The fourth-order valence-electron chi connectivity index (χ4n) is 4.05. The quantitative estimate of drug-likeness (QED) is 0.926. The van der Waals surface area contributed by atoms with Gasteiger partial charge >= 0.3 is 0 Å². The molecular formula is C19H25N3O2. The minimum atomic E-state index is 0.0800. The number of hydrogen-bond acceptors (Lipinski definition) is 3. The van der Waals surface area contributed by atoms with E-state index in [9.17, 15) is 4.79 Å². The maximum Gasteiger partial charge on any atom is 0.226 e. The highest BCUT2D eigenvalue weighted by atomic mass is 16.5. The first kappa shape index (κ1) is 15.6. The number of nitrogens with one attached hydrogen (secondary N) is 1. The highest BCUT2D eigenvalue weighted by Gasteiger charge is 2.24. The monoisotopic (exact) mass is 327 g/mol. The van der Waals surface area contributed by atoms with E-state index in [1.54, 1.807) is 0 Å². The van der Waals surface area contributed by atoms with E-state index < -0.39 is 0 Å². The standard InChI is InChI=1S/C19H25N3O2/c23-18(13-14-9-11-24-12-10-14)21-19-20-16-7-3-4-8-17(16)22(19)15-5-1-2-6-15/h3-4,7-8,14-15H,1-2,5-6,9-13H2,(H,20,21,23). The first-order valence-electron chi connectivity index (χ1n) is 9.16. The highest BCUT2D eigenvalue weighted by molar-refractivity contribution is 5.91. The van der Waals surface area contributed by atoms with Gasteiger partial charge in [0.15, 0.2) is 0 Å². The molecule has 1 aromatic heterocycles. The molecule has 5 heteroatoms. The molecule has 0 spiro atoms. The molecule has 2 aromatic rings. The molecule has 128 valence electrons. The summed E-state index contributed by atoms with van der Waals surface area (Å²) in [6.07, 6.45) is 7.38. The van der Waals surface area contributed by atoms with Crippen LogP contribution in [0.15, 0.2) is 24.3 Å². The molecule has 1 aliphatic carbocycles. The van der Waals surface area contributed by atoms with E-state index in [0.717, 1.165) is 43.0 Å². The Bertz CT molecular complexity index is 712. The van der Waals surface area contributed by atoms with Gasteiger partial charge in [-0.25, -0.2) is 4.98 Å². The summed E-state index contributed by atoms with van der Waals surface area (Å²) in [7, 11) is 0. The van der Waals surface area contributed by atoms with Gasteiger partial charge in [0.05, 0.1) is 11.0 Å². The predicted molar refractivity (Wildman–Crippen MR) is 94.0 cm³/mol. The summed E-state index contributed by atoms with van der Waals surface area (Å²) in [5.74, 6) is 1.24. The van der Waals surface area contributed by atoms with Crippen molar-refractivity contribution < 1.29 is 9.53 Å². The molecule has 1 aliphatic heterocycles. The molecule has 0 bridgehead atoms. The van der Waals surface area contributed by atoms with Crippen LogP contribution in [0.1, 0.15) is 51.0 Å². The molecular weight excluding hydrogens is 302 g/mol. The van der Waals surface area contributed by atoms with Crippen LogP contribution in [0.5, 0.6) is 0 Å². The van der Waals surface area contributed by atoms with E-state index in [4.69, 9.17) is 9.72 Å². The first-order valence-corrected chi connectivity index (χ1v) is 9.16. The molecule has 0 atom stereocenters. The lowest BCUT2D eigenvalue weighted by Crippen LogP contribution is -2.23. The number of carbonyl (C=O) groups is 1. The summed E-state index contributed by atoms with van der Waals surface area (Å²) in [5.41, 5.74) is 2.09. The van der Waals surface area contributed by atoms with E-state index in [1.165, 1.54) is 25.7 Å². The van der Waals surface area contributed by atoms with Gasteiger partial charge in [-0.1, -0.05) is 25.0 Å². The van der Waals surface area contributed by atoms with Crippen LogP contribution in [-0.4, -0.2) is 28.7 Å². The number of hydrogen-bond donors (Lipinski definition) is 1. The number of imidazole rings is 1. The van der Waals surface area contributed by atoms with E-state index >= 15 is 0 Å². The van der Waals surface area contributed by atoms with Crippen LogP contribution in [0.3, 0.4) is 0 Å². The molecule has 0 unspecified atom stereocenters. The van der Waals surface area contributed by atoms with Crippen LogP contribution < -0.4 is 5.32 Å². The van der Waals surface area contributed by atoms with Gasteiger partial charge in [0, 0.05) is 25.7 Å². The summed E-state index contributed by atoms with van der Waals surface area (Å²) in [5, 5.41) is 3.10. The number of fused-ring (bicyclic) bond motifs is 1. The zero-order valence-corrected chi connectivity index (χ0v) is 14.0. The fraction of sp³-hybridized carbons (Fsp3) is 0.579. The van der Waals surface area contributed by atoms with Crippen molar-refractivity contribution in [2.24, 2.45) is 5.92 Å². The number of aromatic nitrogens is 2. The number of ether oxygens (including phenoxy) is 1. The lowest BCUT2D eigenvalue weighted by atomic mass is 9.96. The van der Waals surface area contributed by atoms with E-state index in [2.05, 4.69) is 16.0 Å². The van der Waals surface area contributed by atoms with Crippen LogP contribution in [0.25, 0.3) is 11.0 Å². The molecule has 2 aliphatic rings. The highest BCUT2D eigenvalue weighted by Crippen LogP contribution is 2.35. The van der Waals surface area contributed by atoms with E-state index in [-0.39, 0.29) is 5.91 Å². The Labute approximate surface area is 142 Å². The van der Waals surface area contributed by atoms with Crippen molar-refractivity contribution in [3.05, 3.63) is 24.3 Å². The van der Waals surface area contributed by atoms with Crippen LogP contribution in [-0.2, 0) is 9.53 Å². The van der Waals surface area contributed by atoms with Crippen molar-refractivity contribution in [3.8, 4) is 0 Å². The summed E-state index contributed by atoms with van der Waals surface area (Å²) in [4.78, 5) is 17.2. The Kier molecular flexibility index (Phi) is 4.52. The van der Waals surface area contributed by atoms with Crippen molar-refractivity contribution in [1.82, 2.24) is 9.55 Å². The maximum atomic E-state index is 12.5. The lowest BCUT2D eigenvalue weighted by molar-refractivity contribution is -0.117. The summed E-state index contributed by atoms with van der Waals surface area (Å²) < 4.78 is 7.63. The van der Waals surface area contributed by atoms with Gasteiger partial charge in [0.1, 0.15) is 0 Å².